The van der Waals surface area contributed by atoms with E-state index in [0.29, 0.717) is 31.6 Å². The number of anilines is 2. The topological polar surface area (TPSA) is 156 Å². The number of nitrogens with one attached hydrogen (secondary N) is 2. The van der Waals surface area contributed by atoms with Crippen molar-refractivity contribution in [2.45, 2.75) is 38.5 Å². The number of hydrogen-bond acceptors (Lipinski definition) is 9. The summed E-state index contributed by atoms with van der Waals surface area (Å²) in [7, 11) is 0. The molecule has 4 N–H and O–H groups in total. The van der Waals surface area contributed by atoms with Gasteiger partial charge in [-0.25, -0.2) is 14.8 Å². The number of aliphatic hydroxyl groups excluding tert-OH is 1. The lowest BCUT2D eigenvalue weighted by Gasteiger charge is -2.41. The monoisotopic (exact) mass is 514 g/mol. The Morgan fingerprint density at radius 3 is 2.62 bits per heavy atom. The second kappa shape index (κ2) is 11.6. The number of fused-ring (bicyclic) bond motifs is 1. The van der Waals surface area contributed by atoms with Crippen LogP contribution in [-0.2, 0) is 20.9 Å². The molecule has 12 nitrogen and oxygen atoms in total. The van der Waals surface area contributed by atoms with Crippen molar-refractivity contribution in [2.75, 3.05) is 36.1 Å². The highest BCUT2D eigenvalue weighted by molar-refractivity contribution is 5.98. The molecular weight excluding hydrogens is 484 g/mol. The molecule has 198 valence electrons. The van der Waals surface area contributed by atoms with Gasteiger partial charge in [-0.2, -0.15) is 5.23 Å². The third-order valence-electron chi connectivity index (χ3n) is 6.52. The van der Waals surface area contributed by atoms with Crippen LogP contribution in [0.1, 0.15) is 35.7 Å². The molecule has 0 aliphatic carbocycles. The van der Waals surface area contributed by atoms with E-state index in [0.717, 1.165) is 11.3 Å². The number of ether oxygens (including phenoxy) is 2. The lowest BCUT2D eigenvalue weighted by Crippen LogP contribution is -2.99. The van der Waals surface area contributed by atoms with Crippen LogP contribution in [-0.4, -0.2) is 66.7 Å². The van der Waals surface area contributed by atoms with Gasteiger partial charge in [-0.1, -0.05) is 18.2 Å². The summed E-state index contributed by atoms with van der Waals surface area (Å²) in [5, 5.41) is 32.5. The first-order chi connectivity index (χ1) is 17.8. The summed E-state index contributed by atoms with van der Waals surface area (Å²) >= 11 is 0. The molecule has 1 fully saturated rings. The van der Waals surface area contributed by atoms with Crippen LogP contribution >= 0.6 is 0 Å². The van der Waals surface area contributed by atoms with Crippen molar-refractivity contribution in [3.8, 4) is 0 Å². The van der Waals surface area contributed by atoms with Gasteiger partial charge in [0.15, 0.2) is 11.7 Å². The van der Waals surface area contributed by atoms with Crippen LogP contribution in [0.4, 0.5) is 21.9 Å². The maximum atomic E-state index is 12.6. The van der Waals surface area contributed by atoms with Gasteiger partial charge in [0.25, 0.3) is 5.91 Å². The molecule has 2 heterocycles. The fourth-order valence-corrected chi connectivity index (χ4v) is 4.67. The first-order valence-electron chi connectivity index (χ1n) is 12.1. The number of aliphatic hydroxyl groups is 1. The van der Waals surface area contributed by atoms with Crippen molar-refractivity contribution in [3.63, 3.8) is 0 Å². The van der Waals surface area contributed by atoms with Gasteiger partial charge in [-0.3, -0.25) is 9.69 Å². The number of carbonyl (C=O) groups is 3. The molecule has 2 amide bonds. The molecule has 0 saturated carbocycles. The quantitative estimate of drug-likeness (QED) is 0.296. The van der Waals surface area contributed by atoms with Crippen LogP contribution in [0.25, 0.3) is 0 Å². The highest BCUT2D eigenvalue weighted by atomic mass is 16.8. The smallest absolute Gasteiger partial charge is 0.414 e. The van der Waals surface area contributed by atoms with E-state index in [1.165, 1.54) is 12.1 Å². The van der Waals surface area contributed by atoms with Gasteiger partial charge in [-0.05, 0) is 38.0 Å². The van der Waals surface area contributed by atoms with Gasteiger partial charge in [0, 0.05) is 36.3 Å². The highest BCUT2D eigenvalue weighted by Crippen LogP contribution is 2.34. The second-order valence-electron chi connectivity index (χ2n) is 8.77. The highest BCUT2D eigenvalue weighted by Gasteiger charge is 2.35. The summed E-state index contributed by atoms with van der Waals surface area (Å²) in [5.41, 5.74) is 2.20. The summed E-state index contributed by atoms with van der Waals surface area (Å²) in [5.74, 6) is -1.49. The van der Waals surface area contributed by atoms with Crippen LogP contribution in [0.15, 0.2) is 42.5 Å². The lowest BCUT2D eigenvalue weighted by molar-refractivity contribution is -0.990. The predicted octanol–water partition coefficient (Wildman–Crippen LogP) is 0.869. The molecule has 0 bridgehead atoms. The van der Waals surface area contributed by atoms with Crippen LogP contribution in [0.3, 0.4) is 0 Å². The van der Waals surface area contributed by atoms with Crippen molar-refractivity contribution in [2.24, 2.45) is 0 Å². The van der Waals surface area contributed by atoms with Gasteiger partial charge in [0.2, 0.25) is 0 Å². The summed E-state index contributed by atoms with van der Waals surface area (Å²) in [6, 6.07) is 10.5. The number of esters is 1. The molecule has 0 radical (unpaired) electrons. The van der Waals surface area contributed by atoms with E-state index in [2.05, 4.69) is 5.32 Å². The molecule has 37 heavy (non-hydrogen) atoms. The van der Waals surface area contributed by atoms with Crippen LogP contribution in [0, 0.1) is 5.21 Å². The molecule has 1 saturated heterocycles. The average Bonchev–Trinajstić information content (AvgIpc) is 2.91. The zero-order valence-electron chi connectivity index (χ0n) is 20.4. The van der Waals surface area contributed by atoms with Gasteiger partial charge in [-0.15, -0.1) is 0 Å². The third kappa shape index (κ3) is 5.67. The Kier molecular flexibility index (Phi) is 8.24. The standard InChI is InChI=1S/C25H30N4O8/c1-2-36-24(32)19(14-30)26-23(31)16-7-8-21(22(13-16)29(34)35)27-11-9-18(10-12-27)28-20-6-4-3-5-17(20)15-37-25(28)33/h3-8,13,18-19,29-30,34H,2,9-12,14-15H2,1H3,(H,26,31). The number of hydrogen-bond donors (Lipinski definition) is 4. The summed E-state index contributed by atoms with van der Waals surface area (Å²) < 4.78 is 10.2. The fourth-order valence-electron chi connectivity index (χ4n) is 4.67. The molecule has 2 aromatic carbocycles. The minimum Gasteiger partial charge on any atom is -0.595 e. The first-order valence-corrected chi connectivity index (χ1v) is 12.1. The Hall–Kier alpha value is -3.71. The van der Waals surface area contributed by atoms with E-state index in [9.17, 15) is 29.9 Å². The summed E-state index contributed by atoms with van der Waals surface area (Å²) in [6.45, 7) is 2.27. The van der Waals surface area contributed by atoms with Crippen LogP contribution < -0.4 is 20.3 Å². The molecule has 12 heteroatoms. The summed E-state index contributed by atoms with van der Waals surface area (Å²) in [6.07, 6.45) is 0.813. The van der Waals surface area contributed by atoms with E-state index in [1.54, 1.807) is 17.9 Å². The Morgan fingerprint density at radius 2 is 1.95 bits per heavy atom. The zero-order valence-corrected chi connectivity index (χ0v) is 20.4. The van der Waals surface area contributed by atoms with Crippen molar-refractivity contribution in [3.05, 3.63) is 58.8 Å². The maximum absolute atomic E-state index is 12.6. The van der Waals surface area contributed by atoms with E-state index in [-0.39, 0.29) is 36.6 Å². The number of cyclic esters (lactones) is 1. The van der Waals surface area contributed by atoms with Gasteiger partial charge in [0.1, 0.15) is 12.3 Å². The number of rotatable bonds is 8. The minimum atomic E-state index is -1.26. The van der Waals surface area contributed by atoms with Crippen molar-refractivity contribution >= 4 is 35.0 Å². The Bertz CT molecular complexity index is 1150. The van der Waals surface area contributed by atoms with Crippen molar-refractivity contribution < 1.29 is 39.4 Å². The lowest BCUT2D eigenvalue weighted by atomic mass is 9.99. The molecule has 2 aliphatic heterocycles. The average molecular weight is 515 g/mol. The Balaban J connectivity index is 1.47. The van der Waals surface area contributed by atoms with E-state index >= 15 is 0 Å². The molecule has 2 aliphatic rings. The number of para-hydroxylation sites is 1. The number of nitrogens with zero attached hydrogens (tertiary/aromatic N) is 2. The molecule has 2 atom stereocenters. The number of quaternary nitrogens is 1. The van der Waals surface area contributed by atoms with E-state index < -0.39 is 29.8 Å². The number of carbonyl (C=O) groups excluding carboxylic acids is 3. The fraction of sp³-hybridized carbons (Fsp3) is 0.400. The zero-order chi connectivity index (χ0) is 26.5. The predicted molar refractivity (Wildman–Crippen MR) is 132 cm³/mol. The van der Waals surface area contributed by atoms with Crippen LogP contribution in [0.2, 0.25) is 0 Å². The summed E-state index contributed by atoms with van der Waals surface area (Å²) in [4.78, 5) is 40.7. The Labute approximate surface area is 213 Å². The van der Waals surface area contributed by atoms with Gasteiger partial charge >= 0.3 is 12.1 Å². The molecule has 4 rings (SSSR count). The van der Waals surface area contributed by atoms with E-state index in [1.807, 2.05) is 29.2 Å². The number of amides is 2. The van der Waals surface area contributed by atoms with Gasteiger partial charge < -0.3 is 30.0 Å². The van der Waals surface area contributed by atoms with Crippen molar-refractivity contribution in [1.29, 1.82) is 0 Å². The minimum absolute atomic E-state index is 0.0338. The maximum Gasteiger partial charge on any atom is 0.414 e. The molecule has 2 unspecified atom stereocenters. The molecule has 2 aromatic rings. The SMILES string of the molecule is CCOC(=O)C(CO)NC(=O)c1ccc(N2CCC(N3C(=O)OCc4ccccc43)CC2)c([NH+]([O-])O)c1. The van der Waals surface area contributed by atoms with Crippen LogP contribution in [0.5, 0.6) is 0 Å². The number of piperidine rings is 1. The van der Waals surface area contributed by atoms with E-state index in [4.69, 9.17) is 9.47 Å². The second-order valence-corrected chi connectivity index (χ2v) is 8.77. The molecule has 0 spiro atoms. The largest absolute Gasteiger partial charge is 0.595 e. The third-order valence-corrected chi connectivity index (χ3v) is 6.52. The first kappa shape index (κ1) is 26.4. The van der Waals surface area contributed by atoms with Gasteiger partial charge in [0.05, 0.1) is 18.9 Å². The number of benzene rings is 2. The molecular formula is C25H30N4O8. The molecule has 0 aromatic heterocycles. The van der Waals surface area contributed by atoms with Crippen molar-refractivity contribution in [1.82, 2.24) is 5.32 Å². The Morgan fingerprint density at radius 1 is 1.22 bits per heavy atom. The normalized spacial score (nSPS) is 17.5.